The second-order valence-electron chi connectivity index (χ2n) is 9.59. The molecule has 1 heterocycles. The average molecular weight is 476 g/mol. The molecule has 0 aliphatic heterocycles. The third kappa shape index (κ3) is 6.78. The quantitative estimate of drug-likeness (QED) is 0.144. The van der Waals surface area contributed by atoms with Gasteiger partial charge in [0.25, 0.3) is 0 Å². The van der Waals surface area contributed by atoms with E-state index in [0.29, 0.717) is 18.8 Å². The minimum atomic E-state index is -0.355. The summed E-state index contributed by atoms with van der Waals surface area (Å²) < 4.78 is 13.7. The molecule has 2 aromatic carbocycles. The van der Waals surface area contributed by atoms with Gasteiger partial charge in [-0.3, -0.25) is 0 Å². The van der Waals surface area contributed by atoms with Gasteiger partial charge in [-0.2, -0.15) is 0 Å². The SMILES string of the molecule is C=C(C)C(=O)OCC(C)COc1ccc2cc(-c3ccc(CCCCC)cc3CC)n(CC)c2c1. The molecule has 0 saturated heterocycles. The molecule has 1 aromatic heterocycles. The maximum absolute atomic E-state index is 11.6. The van der Waals surface area contributed by atoms with Crippen LogP contribution in [0.4, 0.5) is 0 Å². The van der Waals surface area contributed by atoms with Crippen LogP contribution in [-0.4, -0.2) is 23.8 Å². The molecule has 35 heavy (non-hydrogen) atoms. The highest BCUT2D eigenvalue weighted by Gasteiger charge is 2.15. The molecule has 4 heteroatoms. The van der Waals surface area contributed by atoms with Gasteiger partial charge in [-0.1, -0.05) is 58.4 Å². The van der Waals surface area contributed by atoms with Crippen molar-refractivity contribution in [3.05, 3.63) is 65.7 Å². The Labute approximate surface area is 210 Å². The van der Waals surface area contributed by atoms with E-state index < -0.39 is 0 Å². The first-order valence-electron chi connectivity index (χ1n) is 13.1. The molecule has 0 aliphatic rings. The summed E-state index contributed by atoms with van der Waals surface area (Å²) in [5, 5.41) is 1.21. The molecular weight excluding hydrogens is 434 g/mol. The molecule has 0 saturated carbocycles. The second-order valence-corrected chi connectivity index (χ2v) is 9.59. The number of hydrogen-bond donors (Lipinski definition) is 0. The highest BCUT2D eigenvalue weighted by molar-refractivity contribution is 5.89. The summed E-state index contributed by atoms with van der Waals surface area (Å²) in [5.74, 6) is 0.564. The summed E-state index contributed by atoms with van der Waals surface area (Å²) in [6.45, 7) is 15.7. The number of esters is 1. The minimum absolute atomic E-state index is 0.0884. The van der Waals surface area contributed by atoms with Crippen LogP contribution < -0.4 is 4.74 Å². The first-order valence-corrected chi connectivity index (χ1v) is 13.1. The van der Waals surface area contributed by atoms with E-state index in [0.717, 1.165) is 25.1 Å². The van der Waals surface area contributed by atoms with Gasteiger partial charge in [-0.25, -0.2) is 4.79 Å². The molecule has 0 spiro atoms. The molecule has 3 aromatic rings. The molecule has 0 radical (unpaired) electrons. The van der Waals surface area contributed by atoms with Crippen molar-refractivity contribution in [3.8, 4) is 17.0 Å². The number of nitrogens with zero attached hydrogens (tertiary/aromatic N) is 1. The fourth-order valence-corrected chi connectivity index (χ4v) is 4.44. The molecule has 188 valence electrons. The number of rotatable bonds is 13. The molecule has 0 amide bonds. The predicted molar refractivity (Wildman–Crippen MR) is 146 cm³/mol. The summed E-state index contributed by atoms with van der Waals surface area (Å²) >= 11 is 0. The van der Waals surface area contributed by atoms with E-state index >= 15 is 0 Å². The lowest BCUT2D eigenvalue weighted by Crippen LogP contribution is -2.18. The van der Waals surface area contributed by atoms with E-state index in [9.17, 15) is 4.79 Å². The lowest BCUT2D eigenvalue weighted by atomic mass is 9.97. The monoisotopic (exact) mass is 475 g/mol. The molecule has 4 nitrogen and oxygen atoms in total. The average Bonchev–Trinajstić information content (AvgIpc) is 3.23. The number of unbranched alkanes of at least 4 members (excludes halogenated alkanes) is 2. The maximum Gasteiger partial charge on any atom is 0.333 e. The number of hydrogen-bond acceptors (Lipinski definition) is 3. The van der Waals surface area contributed by atoms with Gasteiger partial charge < -0.3 is 14.0 Å². The molecule has 0 aliphatic carbocycles. The first-order chi connectivity index (χ1) is 16.9. The van der Waals surface area contributed by atoms with Crippen LogP contribution in [-0.2, 0) is 28.9 Å². The standard InChI is InChI=1S/C31H41NO3/c1-7-10-11-12-24-13-16-28(25(8-2)17-24)30-18-26-14-15-27(19-29(26)32(30)9-3)34-20-23(6)21-35-31(33)22(4)5/h13-19,23H,4,7-12,20-21H2,1-3,5-6H3. The van der Waals surface area contributed by atoms with E-state index in [4.69, 9.17) is 9.47 Å². The van der Waals surface area contributed by atoms with Crippen LogP contribution in [0.15, 0.2) is 54.6 Å². The van der Waals surface area contributed by atoms with Crippen molar-refractivity contribution >= 4 is 16.9 Å². The molecule has 1 atom stereocenters. The van der Waals surface area contributed by atoms with Gasteiger partial charge in [0, 0.05) is 40.7 Å². The smallest absolute Gasteiger partial charge is 0.333 e. The normalized spacial score (nSPS) is 12.0. The van der Waals surface area contributed by atoms with Crippen molar-refractivity contribution in [2.75, 3.05) is 13.2 Å². The van der Waals surface area contributed by atoms with Gasteiger partial charge in [0.05, 0.1) is 18.7 Å². The number of ether oxygens (including phenoxy) is 2. The van der Waals surface area contributed by atoms with Crippen LogP contribution >= 0.6 is 0 Å². The molecule has 0 bridgehead atoms. The Balaban J connectivity index is 1.80. The van der Waals surface area contributed by atoms with E-state index in [2.05, 4.69) is 68.3 Å². The number of aryl methyl sites for hydroxylation is 3. The Morgan fingerprint density at radius 3 is 2.51 bits per heavy atom. The van der Waals surface area contributed by atoms with E-state index in [1.54, 1.807) is 6.92 Å². The number of aromatic nitrogens is 1. The van der Waals surface area contributed by atoms with Crippen molar-refractivity contribution in [3.63, 3.8) is 0 Å². The largest absolute Gasteiger partial charge is 0.493 e. The Morgan fingerprint density at radius 1 is 1.03 bits per heavy atom. The Bertz CT molecular complexity index is 1160. The van der Waals surface area contributed by atoms with Gasteiger partial charge in [0.15, 0.2) is 0 Å². The first kappa shape index (κ1) is 26.6. The number of carbonyl (C=O) groups is 1. The van der Waals surface area contributed by atoms with Crippen molar-refractivity contribution < 1.29 is 14.3 Å². The Kier molecular flexibility index (Phi) is 9.59. The van der Waals surface area contributed by atoms with E-state index in [-0.39, 0.29) is 11.9 Å². The van der Waals surface area contributed by atoms with Crippen LogP contribution in [0.1, 0.15) is 65.0 Å². The van der Waals surface area contributed by atoms with Crippen molar-refractivity contribution in [2.24, 2.45) is 5.92 Å². The zero-order valence-corrected chi connectivity index (χ0v) is 22.2. The highest BCUT2D eigenvalue weighted by atomic mass is 16.5. The van der Waals surface area contributed by atoms with Crippen LogP contribution in [0.5, 0.6) is 5.75 Å². The van der Waals surface area contributed by atoms with Crippen LogP contribution in [0, 0.1) is 5.92 Å². The zero-order valence-electron chi connectivity index (χ0n) is 22.2. The van der Waals surface area contributed by atoms with Gasteiger partial charge in [-0.05, 0) is 62.4 Å². The molecule has 0 fully saturated rings. The maximum atomic E-state index is 11.6. The summed E-state index contributed by atoms with van der Waals surface area (Å²) in [6, 6.07) is 15.6. The van der Waals surface area contributed by atoms with Crippen LogP contribution in [0.3, 0.4) is 0 Å². The Morgan fingerprint density at radius 2 is 1.83 bits per heavy atom. The van der Waals surface area contributed by atoms with Gasteiger partial charge in [0.1, 0.15) is 5.75 Å². The van der Waals surface area contributed by atoms with Crippen LogP contribution in [0.25, 0.3) is 22.2 Å². The van der Waals surface area contributed by atoms with Crippen molar-refractivity contribution in [1.29, 1.82) is 0 Å². The second kappa shape index (κ2) is 12.6. The molecule has 1 unspecified atom stereocenters. The topological polar surface area (TPSA) is 40.5 Å². The van der Waals surface area contributed by atoms with Crippen LogP contribution in [0.2, 0.25) is 0 Å². The lowest BCUT2D eigenvalue weighted by Gasteiger charge is -2.15. The third-order valence-electron chi connectivity index (χ3n) is 6.47. The fourth-order valence-electron chi connectivity index (χ4n) is 4.44. The zero-order chi connectivity index (χ0) is 25.4. The highest BCUT2D eigenvalue weighted by Crippen LogP contribution is 2.33. The summed E-state index contributed by atoms with van der Waals surface area (Å²) in [6.07, 6.45) is 5.97. The van der Waals surface area contributed by atoms with Gasteiger partial charge in [-0.15, -0.1) is 0 Å². The van der Waals surface area contributed by atoms with Gasteiger partial charge >= 0.3 is 5.97 Å². The molecular formula is C31H41NO3. The molecule has 0 N–H and O–H groups in total. The molecule has 3 rings (SSSR count). The lowest BCUT2D eigenvalue weighted by molar-refractivity contribution is -0.140. The third-order valence-corrected chi connectivity index (χ3v) is 6.47. The fraction of sp³-hybridized carbons (Fsp3) is 0.452. The van der Waals surface area contributed by atoms with Crippen molar-refractivity contribution in [1.82, 2.24) is 4.57 Å². The van der Waals surface area contributed by atoms with E-state index in [1.165, 1.54) is 52.5 Å². The summed E-state index contributed by atoms with van der Waals surface area (Å²) in [7, 11) is 0. The summed E-state index contributed by atoms with van der Waals surface area (Å²) in [5.41, 5.74) is 7.02. The minimum Gasteiger partial charge on any atom is -0.493 e. The van der Waals surface area contributed by atoms with Crippen molar-refractivity contribution in [2.45, 2.75) is 73.3 Å². The Hall–Kier alpha value is -3.01. The van der Waals surface area contributed by atoms with Gasteiger partial charge in [0.2, 0.25) is 0 Å². The number of benzene rings is 2. The number of carbonyl (C=O) groups excluding carboxylic acids is 1. The summed E-state index contributed by atoms with van der Waals surface area (Å²) in [4.78, 5) is 11.6. The van der Waals surface area contributed by atoms with E-state index in [1.807, 2.05) is 13.0 Å². The predicted octanol–water partition coefficient (Wildman–Crippen LogP) is 7.76. The number of fused-ring (bicyclic) bond motifs is 1.